The topological polar surface area (TPSA) is 27.6 Å². The molecule has 0 bridgehead atoms. The predicted molar refractivity (Wildman–Crippen MR) is 72.7 cm³/mol. The second kappa shape index (κ2) is 4.09. The largest absolute Gasteiger partial charge is 0.378 e. The molecule has 2 aliphatic heterocycles. The Morgan fingerprint density at radius 2 is 2.33 bits per heavy atom. The molecule has 1 aromatic rings. The quantitative estimate of drug-likeness (QED) is 0.863. The molecule has 0 aromatic heterocycles. The molecule has 0 spiro atoms. The van der Waals surface area contributed by atoms with Crippen LogP contribution in [0.1, 0.15) is 12.5 Å². The van der Waals surface area contributed by atoms with Gasteiger partial charge in [0.05, 0.1) is 11.2 Å². The number of halogens is 2. The fraction of sp³-hybridized carbons (Fsp3) is 0.308. The van der Waals surface area contributed by atoms with Crippen molar-refractivity contribution in [2.75, 3.05) is 13.2 Å². The highest BCUT2D eigenvalue weighted by atomic mass is 79.9. The van der Waals surface area contributed by atoms with Crippen molar-refractivity contribution < 1.29 is 4.39 Å². The van der Waals surface area contributed by atoms with E-state index in [4.69, 9.17) is 0 Å². The third-order valence-corrected chi connectivity index (χ3v) is 3.90. The van der Waals surface area contributed by atoms with Crippen LogP contribution in [0.2, 0.25) is 0 Å². The number of nitrogens with zero attached hydrogens (tertiary/aromatic N) is 2. The predicted octanol–water partition coefficient (Wildman–Crippen LogP) is 2.59. The maximum Gasteiger partial charge on any atom is 0.128 e. The van der Waals surface area contributed by atoms with Crippen LogP contribution in [0, 0.1) is 5.82 Å². The maximum atomic E-state index is 14.0. The molecule has 0 amide bonds. The van der Waals surface area contributed by atoms with E-state index in [1.165, 1.54) is 6.07 Å². The first-order valence-corrected chi connectivity index (χ1v) is 6.56. The molecule has 0 unspecified atom stereocenters. The number of hydrogen-bond donors (Lipinski definition) is 1. The van der Waals surface area contributed by atoms with Gasteiger partial charge in [-0.25, -0.2) is 4.39 Å². The van der Waals surface area contributed by atoms with Gasteiger partial charge in [0, 0.05) is 29.0 Å². The third kappa shape index (κ3) is 1.82. The summed E-state index contributed by atoms with van der Waals surface area (Å²) in [6.07, 6.45) is 3.74. The van der Waals surface area contributed by atoms with Crippen LogP contribution in [0.4, 0.5) is 4.39 Å². The summed E-state index contributed by atoms with van der Waals surface area (Å²) in [5.41, 5.74) is 1.28. The zero-order valence-corrected chi connectivity index (χ0v) is 11.5. The van der Waals surface area contributed by atoms with Crippen LogP contribution in [0.25, 0.3) is 0 Å². The highest BCUT2D eigenvalue weighted by molar-refractivity contribution is 9.10. The van der Waals surface area contributed by atoms with Crippen LogP contribution in [-0.4, -0.2) is 24.3 Å². The molecule has 2 aliphatic rings. The Kier molecular flexibility index (Phi) is 2.66. The van der Waals surface area contributed by atoms with Crippen molar-refractivity contribution in [3.63, 3.8) is 0 Å². The SMILES string of the molecule is C[C@@]1(c2cc(Br)ccc2F)CN2CN=CC2=CN1. The Morgan fingerprint density at radius 3 is 3.17 bits per heavy atom. The molecule has 0 aliphatic carbocycles. The van der Waals surface area contributed by atoms with Crippen molar-refractivity contribution in [3.8, 4) is 0 Å². The number of aliphatic imine (C=N–C) groups is 1. The van der Waals surface area contributed by atoms with E-state index in [1.807, 2.05) is 25.4 Å². The van der Waals surface area contributed by atoms with Crippen LogP contribution in [-0.2, 0) is 5.54 Å². The molecule has 1 aromatic carbocycles. The van der Waals surface area contributed by atoms with Crippen LogP contribution >= 0.6 is 15.9 Å². The van der Waals surface area contributed by atoms with Crippen LogP contribution in [0.3, 0.4) is 0 Å². The van der Waals surface area contributed by atoms with Crippen LogP contribution in [0.15, 0.2) is 39.6 Å². The minimum atomic E-state index is -0.439. The highest BCUT2D eigenvalue weighted by Gasteiger charge is 2.35. The Bertz CT molecular complexity index is 555. The van der Waals surface area contributed by atoms with Gasteiger partial charge in [-0.2, -0.15) is 0 Å². The molecule has 0 radical (unpaired) electrons. The Balaban J connectivity index is 1.99. The number of rotatable bonds is 1. The van der Waals surface area contributed by atoms with Gasteiger partial charge in [0.25, 0.3) is 0 Å². The van der Waals surface area contributed by atoms with Crippen molar-refractivity contribution in [3.05, 3.63) is 45.9 Å². The van der Waals surface area contributed by atoms with Gasteiger partial charge >= 0.3 is 0 Å². The summed E-state index contributed by atoms with van der Waals surface area (Å²) in [7, 11) is 0. The van der Waals surface area contributed by atoms with Gasteiger partial charge in [-0.3, -0.25) is 4.99 Å². The number of nitrogens with one attached hydrogen (secondary N) is 1. The minimum Gasteiger partial charge on any atom is -0.378 e. The molecule has 1 N–H and O–H groups in total. The van der Waals surface area contributed by atoms with Crippen molar-refractivity contribution in [2.45, 2.75) is 12.5 Å². The zero-order valence-electron chi connectivity index (χ0n) is 9.95. The summed E-state index contributed by atoms with van der Waals surface area (Å²) in [5.74, 6) is -0.190. The Morgan fingerprint density at radius 1 is 1.50 bits per heavy atom. The molecular formula is C13H13BrFN3. The standard InChI is InChI=1S/C13H13BrFN3/c1-13(11-4-9(14)2-3-12(11)15)7-18-8-16-5-10(18)6-17-13/h2-6,17H,7-8H2,1H3/t13-/m0/s1. The first-order valence-electron chi connectivity index (χ1n) is 5.77. The summed E-state index contributed by atoms with van der Waals surface area (Å²) in [5, 5.41) is 3.30. The number of allylic oxidation sites excluding steroid dienone is 1. The van der Waals surface area contributed by atoms with E-state index >= 15 is 0 Å². The normalized spacial score (nSPS) is 25.7. The number of benzene rings is 1. The average molecular weight is 310 g/mol. The molecule has 18 heavy (non-hydrogen) atoms. The lowest BCUT2D eigenvalue weighted by atomic mass is 9.89. The first-order chi connectivity index (χ1) is 8.58. The average Bonchev–Trinajstić information content (AvgIpc) is 2.79. The van der Waals surface area contributed by atoms with E-state index in [0.29, 0.717) is 18.8 Å². The summed E-state index contributed by atoms with van der Waals surface area (Å²) < 4.78 is 14.9. The van der Waals surface area contributed by atoms with E-state index in [9.17, 15) is 4.39 Å². The van der Waals surface area contributed by atoms with Crippen molar-refractivity contribution in [2.24, 2.45) is 4.99 Å². The lowest BCUT2D eigenvalue weighted by Gasteiger charge is -2.39. The summed E-state index contributed by atoms with van der Waals surface area (Å²) in [4.78, 5) is 6.35. The lowest BCUT2D eigenvalue weighted by Crippen LogP contribution is -2.50. The Labute approximate surface area is 114 Å². The fourth-order valence-corrected chi connectivity index (χ4v) is 2.77. The third-order valence-electron chi connectivity index (χ3n) is 3.41. The maximum absolute atomic E-state index is 14.0. The fourth-order valence-electron chi connectivity index (χ4n) is 2.41. The molecule has 0 saturated carbocycles. The monoisotopic (exact) mass is 309 g/mol. The Hall–Kier alpha value is -1.36. The van der Waals surface area contributed by atoms with Gasteiger partial charge in [-0.1, -0.05) is 15.9 Å². The van der Waals surface area contributed by atoms with Crippen molar-refractivity contribution in [1.82, 2.24) is 10.2 Å². The van der Waals surface area contributed by atoms with Crippen molar-refractivity contribution >= 4 is 22.1 Å². The van der Waals surface area contributed by atoms with Gasteiger partial charge in [0.2, 0.25) is 0 Å². The van der Waals surface area contributed by atoms with E-state index < -0.39 is 5.54 Å². The van der Waals surface area contributed by atoms with Gasteiger partial charge < -0.3 is 10.2 Å². The second-order valence-corrected chi connectivity index (χ2v) is 5.74. The molecule has 94 valence electrons. The van der Waals surface area contributed by atoms with Gasteiger partial charge in [0.15, 0.2) is 0 Å². The molecule has 0 saturated heterocycles. The number of hydrogen-bond acceptors (Lipinski definition) is 3. The first kappa shape index (κ1) is 11.7. The van der Waals surface area contributed by atoms with Gasteiger partial charge in [0.1, 0.15) is 12.5 Å². The smallest absolute Gasteiger partial charge is 0.128 e. The summed E-state index contributed by atoms with van der Waals surface area (Å²) in [6, 6.07) is 5.04. The van der Waals surface area contributed by atoms with Crippen LogP contribution in [0.5, 0.6) is 0 Å². The molecule has 2 heterocycles. The van der Waals surface area contributed by atoms with Crippen molar-refractivity contribution in [1.29, 1.82) is 0 Å². The van der Waals surface area contributed by atoms with E-state index in [0.717, 1.165) is 10.2 Å². The van der Waals surface area contributed by atoms with Gasteiger partial charge in [-0.05, 0) is 25.1 Å². The molecule has 3 rings (SSSR count). The highest BCUT2D eigenvalue weighted by Crippen LogP contribution is 2.31. The summed E-state index contributed by atoms with van der Waals surface area (Å²) in [6.45, 7) is 3.36. The molecule has 0 fully saturated rings. The minimum absolute atomic E-state index is 0.190. The van der Waals surface area contributed by atoms with Gasteiger partial charge in [-0.15, -0.1) is 0 Å². The second-order valence-electron chi connectivity index (χ2n) is 4.82. The van der Waals surface area contributed by atoms with E-state index in [-0.39, 0.29) is 5.82 Å². The lowest BCUT2D eigenvalue weighted by molar-refractivity contribution is 0.238. The molecule has 3 nitrogen and oxygen atoms in total. The zero-order chi connectivity index (χ0) is 12.8. The number of fused-ring (bicyclic) bond motifs is 1. The summed E-state index contributed by atoms with van der Waals surface area (Å²) >= 11 is 3.40. The molecule has 5 heteroatoms. The molecule has 1 atom stereocenters. The van der Waals surface area contributed by atoms with E-state index in [1.54, 1.807) is 6.07 Å². The van der Waals surface area contributed by atoms with E-state index in [2.05, 4.69) is 31.1 Å². The van der Waals surface area contributed by atoms with Crippen LogP contribution < -0.4 is 5.32 Å². The molecular weight excluding hydrogens is 297 g/mol.